The van der Waals surface area contributed by atoms with Crippen molar-refractivity contribution in [2.45, 2.75) is 44.4 Å². The van der Waals surface area contributed by atoms with E-state index in [0.29, 0.717) is 35.9 Å². The molecule has 7 nitrogen and oxygen atoms in total. The molecule has 5 rings (SSSR count). The van der Waals surface area contributed by atoms with Gasteiger partial charge in [0, 0.05) is 31.7 Å². The molecule has 0 saturated heterocycles. The minimum atomic E-state index is -0.587. The van der Waals surface area contributed by atoms with Gasteiger partial charge in [0.15, 0.2) is 11.5 Å². The minimum absolute atomic E-state index is 0.0178. The Kier molecular flexibility index (Phi) is 8.26. The predicted molar refractivity (Wildman–Crippen MR) is 143 cm³/mol. The van der Waals surface area contributed by atoms with E-state index in [1.54, 1.807) is 29.9 Å². The number of anilines is 1. The van der Waals surface area contributed by atoms with E-state index in [4.69, 9.17) is 37.3 Å². The molecule has 200 valence electrons. The van der Waals surface area contributed by atoms with E-state index in [-0.39, 0.29) is 33.6 Å². The molecule has 0 atom stereocenters. The first-order valence-electron chi connectivity index (χ1n) is 12.6. The lowest BCUT2D eigenvalue weighted by Crippen LogP contribution is -2.13. The van der Waals surface area contributed by atoms with Crippen LogP contribution in [0.2, 0.25) is 10.0 Å². The molecule has 0 radical (unpaired) electrons. The normalized spacial score (nSPS) is 14.2. The summed E-state index contributed by atoms with van der Waals surface area (Å²) in [5.41, 5.74) is 1.56. The van der Waals surface area contributed by atoms with Gasteiger partial charge in [-0.2, -0.15) is 0 Å². The van der Waals surface area contributed by atoms with Crippen molar-refractivity contribution in [1.82, 2.24) is 19.7 Å². The average molecular weight is 562 g/mol. The number of rotatable bonds is 9. The van der Waals surface area contributed by atoms with E-state index >= 15 is 4.39 Å². The molecule has 1 fully saturated rings. The van der Waals surface area contributed by atoms with Gasteiger partial charge >= 0.3 is 6.01 Å². The fourth-order valence-electron chi connectivity index (χ4n) is 4.84. The Balaban J connectivity index is 1.71. The van der Waals surface area contributed by atoms with Crippen LogP contribution in [-0.4, -0.2) is 40.0 Å². The lowest BCUT2D eigenvalue weighted by atomic mass is 9.88. The van der Waals surface area contributed by atoms with Gasteiger partial charge in [0.2, 0.25) is 0 Å². The van der Waals surface area contributed by atoms with E-state index in [1.807, 2.05) is 0 Å². The zero-order valence-electron chi connectivity index (χ0n) is 20.8. The third-order valence-electron chi connectivity index (χ3n) is 6.67. The van der Waals surface area contributed by atoms with Gasteiger partial charge in [0.1, 0.15) is 11.6 Å². The maximum atomic E-state index is 15.6. The second-order valence-electron chi connectivity index (χ2n) is 9.22. The van der Waals surface area contributed by atoms with Crippen LogP contribution >= 0.6 is 23.2 Å². The van der Waals surface area contributed by atoms with E-state index in [9.17, 15) is 4.39 Å². The van der Waals surface area contributed by atoms with Gasteiger partial charge < -0.3 is 14.5 Å². The molecule has 0 bridgehead atoms. The number of imidazole rings is 1. The zero-order valence-corrected chi connectivity index (χ0v) is 22.3. The highest BCUT2D eigenvalue weighted by Gasteiger charge is 2.31. The van der Waals surface area contributed by atoms with E-state index in [0.717, 1.165) is 38.5 Å². The fraction of sp³-hybridized carbons (Fsp3) is 0.370. The van der Waals surface area contributed by atoms with Gasteiger partial charge in [-0.15, -0.1) is 5.10 Å². The molecule has 1 N–H and O–H groups in total. The van der Waals surface area contributed by atoms with Crippen LogP contribution in [0.3, 0.4) is 0 Å². The van der Waals surface area contributed by atoms with Gasteiger partial charge in [-0.3, -0.25) is 4.57 Å². The van der Waals surface area contributed by atoms with Crippen LogP contribution in [0.15, 0.2) is 40.8 Å². The molecule has 1 saturated carbocycles. The number of ether oxygens (including phenoxy) is 1. The number of methoxy groups -OCH3 is 1. The van der Waals surface area contributed by atoms with Gasteiger partial charge in [0.05, 0.1) is 21.4 Å². The topological polar surface area (TPSA) is 78.0 Å². The highest BCUT2D eigenvalue weighted by atomic mass is 35.5. The molecular weight excluding hydrogens is 535 g/mol. The number of hydrogen-bond donors (Lipinski definition) is 1. The van der Waals surface area contributed by atoms with Crippen molar-refractivity contribution in [3.63, 3.8) is 0 Å². The standard InChI is InChI=1S/C27H27Cl2F2N5O2/c1-37-14-6-13-32-27-35-34-26(38-27)23-24(17-11-12-20(30)19(29)15-17)36(21-10-5-9-18(28)22(21)31)25(33-23)16-7-3-2-4-8-16/h5,9-12,15-16H,2-4,6-8,13-14H2,1H3,(H,32,35). The summed E-state index contributed by atoms with van der Waals surface area (Å²) in [6.45, 7) is 1.16. The molecular formula is C27H27Cl2F2N5O2. The predicted octanol–water partition coefficient (Wildman–Crippen LogP) is 7.67. The van der Waals surface area contributed by atoms with Crippen LogP contribution in [0.5, 0.6) is 0 Å². The van der Waals surface area contributed by atoms with Gasteiger partial charge in [-0.05, 0) is 49.6 Å². The van der Waals surface area contributed by atoms with Crippen LogP contribution in [0.25, 0.3) is 28.5 Å². The minimum Gasteiger partial charge on any atom is -0.402 e. The maximum absolute atomic E-state index is 15.6. The number of aromatic nitrogens is 4. The van der Waals surface area contributed by atoms with Gasteiger partial charge in [-0.25, -0.2) is 13.8 Å². The monoisotopic (exact) mass is 561 g/mol. The van der Waals surface area contributed by atoms with Gasteiger partial charge in [0.25, 0.3) is 5.89 Å². The van der Waals surface area contributed by atoms with Crippen molar-refractivity contribution in [2.24, 2.45) is 0 Å². The Morgan fingerprint density at radius 3 is 2.66 bits per heavy atom. The van der Waals surface area contributed by atoms with Crippen molar-refractivity contribution >= 4 is 29.2 Å². The van der Waals surface area contributed by atoms with Crippen molar-refractivity contribution in [2.75, 3.05) is 25.6 Å². The quantitative estimate of drug-likeness (QED) is 0.211. The number of nitrogens with zero attached hydrogens (tertiary/aromatic N) is 4. The summed E-state index contributed by atoms with van der Waals surface area (Å²) < 4.78 is 42.5. The Bertz CT molecular complexity index is 1420. The van der Waals surface area contributed by atoms with Crippen LogP contribution < -0.4 is 5.32 Å². The second-order valence-corrected chi connectivity index (χ2v) is 10.0. The summed E-state index contributed by atoms with van der Waals surface area (Å²) >= 11 is 12.4. The Hall–Kier alpha value is -3.01. The molecule has 4 aromatic rings. The summed E-state index contributed by atoms with van der Waals surface area (Å²) in [7, 11) is 1.64. The molecule has 2 aromatic carbocycles. The number of nitrogens with one attached hydrogen (secondary N) is 1. The Morgan fingerprint density at radius 1 is 1.08 bits per heavy atom. The summed E-state index contributed by atoms with van der Waals surface area (Å²) in [6.07, 6.45) is 5.77. The molecule has 0 unspecified atom stereocenters. The summed E-state index contributed by atoms with van der Waals surface area (Å²) in [5.74, 6) is -0.280. The van der Waals surface area contributed by atoms with Crippen molar-refractivity contribution in [1.29, 1.82) is 0 Å². The molecule has 1 aliphatic carbocycles. The first-order valence-corrected chi connectivity index (χ1v) is 13.3. The molecule has 1 aliphatic rings. The molecule has 2 heterocycles. The largest absolute Gasteiger partial charge is 0.402 e. The molecule has 11 heteroatoms. The fourth-order valence-corrected chi connectivity index (χ4v) is 5.19. The van der Waals surface area contributed by atoms with Crippen LogP contribution in [0, 0.1) is 11.6 Å². The van der Waals surface area contributed by atoms with Crippen molar-refractivity contribution < 1.29 is 17.9 Å². The first kappa shape index (κ1) is 26.6. The van der Waals surface area contributed by atoms with Gasteiger partial charge in [-0.1, -0.05) is 53.6 Å². The SMILES string of the molecule is COCCCNc1nnc(-c2nc(C3CCCCC3)n(-c3cccc(Cl)c3F)c2-c2ccc(F)c(Cl)c2)o1. The summed E-state index contributed by atoms with van der Waals surface area (Å²) in [5, 5.41) is 11.3. The van der Waals surface area contributed by atoms with Crippen LogP contribution in [-0.2, 0) is 4.74 Å². The average Bonchev–Trinajstić information content (AvgIpc) is 3.55. The van der Waals surface area contributed by atoms with Crippen molar-refractivity contribution in [3.8, 4) is 28.5 Å². The van der Waals surface area contributed by atoms with E-state index < -0.39 is 11.6 Å². The summed E-state index contributed by atoms with van der Waals surface area (Å²) in [6, 6.07) is 9.37. The number of benzene rings is 2. The van der Waals surface area contributed by atoms with Crippen molar-refractivity contribution in [3.05, 3.63) is 63.9 Å². The first-order chi connectivity index (χ1) is 18.5. The third kappa shape index (κ3) is 5.41. The summed E-state index contributed by atoms with van der Waals surface area (Å²) in [4.78, 5) is 4.98. The second kappa shape index (κ2) is 11.8. The maximum Gasteiger partial charge on any atom is 0.315 e. The zero-order chi connectivity index (χ0) is 26.6. The Morgan fingerprint density at radius 2 is 1.89 bits per heavy atom. The Labute approximate surface area is 229 Å². The molecule has 0 aliphatic heterocycles. The molecule has 38 heavy (non-hydrogen) atoms. The highest BCUT2D eigenvalue weighted by Crippen LogP contribution is 2.42. The molecule has 0 spiro atoms. The third-order valence-corrected chi connectivity index (χ3v) is 7.25. The van der Waals surface area contributed by atoms with Crippen LogP contribution in [0.1, 0.15) is 50.3 Å². The number of hydrogen-bond acceptors (Lipinski definition) is 6. The number of halogens is 4. The lowest BCUT2D eigenvalue weighted by molar-refractivity contribution is 0.197. The molecule has 2 aromatic heterocycles. The smallest absolute Gasteiger partial charge is 0.315 e. The van der Waals surface area contributed by atoms with E-state index in [1.165, 1.54) is 18.2 Å². The molecule has 0 amide bonds. The highest BCUT2D eigenvalue weighted by molar-refractivity contribution is 6.31. The van der Waals surface area contributed by atoms with E-state index in [2.05, 4.69) is 15.5 Å². The lowest BCUT2D eigenvalue weighted by Gasteiger charge is -2.23. The van der Waals surface area contributed by atoms with Crippen LogP contribution in [0.4, 0.5) is 14.8 Å².